The minimum atomic E-state index is -1.10. The Bertz CT molecular complexity index is 446. The highest BCUT2D eigenvalue weighted by Gasteiger charge is 2.13. The van der Waals surface area contributed by atoms with Gasteiger partial charge in [-0.3, -0.25) is 4.79 Å². The monoisotopic (exact) mass is 252 g/mol. The number of nitrogens with one attached hydrogen (secondary N) is 1. The molecule has 0 saturated carbocycles. The van der Waals surface area contributed by atoms with Gasteiger partial charge in [0, 0.05) is 12.5 Å². The Morgan fingerprint density at radius 3 is 2.72 bits per heavy atom. The van der Waals surface area contributed by atoms with Crippen molar-refractivity contribution in [3.8, 4) is 5.75 Å². The fourth-order valence-corrected chi connectivity index (χ4v) is 1.42. The van der Waals surface area contributed by atoms with Crippen LogP contribution in [0.2, 0.25) is 0 Å². The third-order valence-electron chi connectivity index (χ3n) is 2.34. The van der Waals surface area contributed by atoms with Gasteiger partial charge in [0.05, 0.1) is 18.4 Å². The molecule has 0 fully saturated rings. The molecule has 0 aliphatic carbocycles. The Labute approximate surface area is 105 Å². The molecular weight excluding hydrogens is 236 g/mol. The Hall–Kier alpha value is -2.08. The number of nitrogens with two attached hydrogens (primary N) is 1. The summed E-state index contributed by atoms with van der Waals surface area (Å²) >= 11 is 0. The van der Waals surface area contributed by atoms with Gasteiger partial charge in [0.2, 0.25) is 5.91 Å². The zero-order chi connectivity index (χ0) is 13.5. The van der Waals surface area contributed by atoms with E-state index in [1.54, 1.807) is 0 Å². The van der Waals surface area contributed by atoms with Crippen LogP contribution in [0.1, 0.15) is 23.2 Å². The average molecular weight is 252 g/mol. The van der Waals surface area contributed by atoms with Gasteiger partial charge in [-0.1, -0.05) is 0 Å². The summed E-state index contributed by atoms with van der Waals surface area (Å²) in [6, 6.07) is 4.39. The molecule has 98 valence electrons. The third kappa shape index (κ3) is 3.74. The smallest absolute Gasteiger partial charge is 0.337 e. The summed E-state index contributed by atoms with van der Waals surface area (Å²) in [6.07, 6.45) is 0.810. The molecular formula is C12H16N2O4. The highest BCUT2D eigenvalue weighted by molar-refractivity contribution is 6.00. The molecule has 0 aliphatic rings. The van der Waals surface area contributed by atoms with E-state index in [0.29, 0.717) is 18.7 Å². The molecule has 0 aromatic heterocycles. The molecule has 0 spiro atoms. The number of benzene rings is 1. The second-order valence-corrected chi connectivity index (χ2v) is 3.66. The first-order valence-electron chi connectivity index (χ1n) is 5.49. The lowest BCUT2D eigenvalue weighted by molar-refractivity contribution is -0.116. The van der Waals surface area contributed by atoms with E-state index in [2.05, 4.69) is 5.32 Å². The van der Waals surface area contributed by atoms with Gasteiger partial charge in [0.1, 0.15) is 5.75 Å². The van der Waals surface area contributed by atoms with Crippen LogP contribution >= 0.6 is 0 Å². The van der Waals surface area contributed by atoms with Crippen molar-refractivity contribution in [2.45, 2.75) is 12.8 Å². The molecule has 1 aromatic rings. The van der Waals surface area contributed by atoms with Crippen LogP contribution in [0.4, 0.5) is 5.69 Å². The zero-order valence-corrected chi connectivity index (χ0v) is 10.1. The predicted molar refractivity (Wildman–Crippen MR) is 66.9 cm³/mol. The SMILES string of the molecule is COc1ccc(C(=O)O)c(NC(=O)CCCN)c1. The third-order valence-corrected chi connectivity index (χ3v) is 2.34. The summed E-state index contributed by atoms with van der Waals surface area (Å²) in [5.41, 5.74) is 5.55. The molecule has 0 saturated heterocycles. The zero-order valence-electron chi connectivity index (χ0n) is 10.1. The van der Waals surface area contributed by atoms with Crippen LogP contribution in [0.25, 0.3) is 0 Å². The molecule has 0 radical (unpaired) electrons. The largest absolute Gasteiger partial charge is 0.497 e. The number of hydrogen-bond donors (Lipinski definition) is 3. The van der Waals surface area contributed by atoms with Gasteiger partial charge in [-0.05, 0) is 25.1 Å². The normalized spacial score (nSPS) is 9.89. The summed E-state index contributed by atoms with van der Waals surface area (Å²) in [5, 5.41) is 11.6. The van der Waals surface area contributed by atoms with Gasteiger partial charge < -0.3 is 20.9 Å². The van der Waals surface area contributed by atoms with Crippen LogP contribution in [0.3, 0.4) is 0 Å². The van der Waals surface area contributed by atoms with Gasteiger partial charge in [0.25, 0.3) is 0 Å². The molecule has 0 bridgehead atoms. The Balaban J connectivity index is 2.90. The molecule has 0 aliphatic heterocycles. The highest BCUT2D eigenvalue weighted by atomic mass is 16.5. The van der Waals surface area contributed by atoms with Gasteiger partial charge >= 0.3 is 5.97 Å². The second-order valence-electron chi connectivity index (χ2n) is 3.66. The quantitative estimate of drug-likeness (QED) is 0.703. The minimum absolute atomic E-state index is 0.0249. The van der Waals surface area contributed by atoms with Crippen molar-refractivity contribution in [2.75, 3.05) is 19.0 Å². The van der Waals surface area contributed by atoms with Crippen LogP contribution in [0.5, 0.6) is 5.75 Å². The van der Waals surface area contributed by atoms with Crippen LogP contribution in [-0.4, -0.2) is 30.6 Å². The molecule has 6 nitrogen and oxygen atoms in total. The van der Waals surface area contributed by atoms with Crippen molar-refractivity contribution in [3.05, 3.63) is 23.8 Å². The number of amides is 1. The number of carboxylic acids is 1. The van der Waals surface area contributed by atoms with Crippen molar-refractivity contribution in [2.24, 2.45) is 5.73 Å². The molecule has 1 aromatic carbocycles. The van der Waals surface area contributed by atoms with Crippen LogP contribution in [0.15, 0.2) is 18.2 Å². The number of carbonyl (C=O) groups is 2. The lowest BCUT2D eigenvalue weighted by atomic mass is 10.1. The number of ether oxygens (including phenoxy) is 1. The number of carbonyl (C=O) groups excluding carboxylic acids is 1. The number of methoxy groups -OCH3 is 1. The van der Waals surface area contributed by atoms with Crippen LogP contribution < -0.4 is 15.8 Å². The number of rotatable bonds is 6. The van der Waals surface area contributed by atoms with Gasteiger partial charge in [-0.15, -0.1) is 0 Å². The maximum atomic E-state index is 11.5. The van der Waals surface area contributed by atoms with Crippen molar-refractivity contribution in [1.29, 1.82) is 0 Å². The first kappa shape index (κ1) is 14.0. The van der Waals surface area contributed by atoms with E-state index in [-0.39, 0.29) is 23.6 Å². The van der Waals surface area contributed by atoms with E-state index in [0.717, 1.165) is 0 Å². The fourth-order valence-electron chi connectivity index (χ4n) is 1.42. The van der Waals surface area contributed by atoms with Crippen molar-refractivity contribution in [1.82, 2.24) is 0 Å². The van der Waals surface area contributed by atoms with E-state index in [1.165, 1.54) is 25.3 Å². The summed E-state index contributed by atoms with van der Waals surface area (Å²) < 4.78 is 4.99. The average Bonchev–Trinajstić information content (AvgIpc) is 2.35. The standard InChI is InChI=1S/C12H16N2O4/c1-18-8-4-5-9(12(16)17)10(7-8)14-11(15)3-2-6-13/h4-5,7H,2-3,6,13H2,1H3,(H,14,15)(H,16,17). The van der Waals surface area contributed by atoms with Gasteiger partial charge in [0.15, 0.2) is 0 Å². The fraction of sp³-hybridized carbons (Fsp3) is 0.333. The Morgan fingerprint density at radius 2 is 2.17 bits per heavy atom. The lowest BCUT2D eigenvalue weighted by Crippen LogP contribution is -2.15. The molecule has 4 N–H and O–H groups in total. The molecule has 0 unspecified atom stereocenters. The lowest BCUT2D eigenvalue weighted by Gasteiger charge is -2.10. The second kappa shape index (κ2) is 6.61. The van der Waals surface area contributed by atoms with E-state index < -0.39 is 5.97 Å². The van der Waals surface area contributed by atoms with Crippen LogP contribution in [-0.2, 0) is 4.79 Å². The Kier molecular flexibility index (Phi) is 5.13. The highest BCUT2D eigenvalue weighted by Crippen LogP contribution is 2.22. The number of anilines is 1. The Morgan fingerprint density at radius 1 is 1.44 bits per heavy atom. The maximum Gasteiger partial charge on any atom is 0.337 e. The molecule has 0 atom stereocenters. The van der Waals surface area contributed by atoms with Gasteiger partial charge in [-0.25, -0.2) is 4.79 Å². The number of aromatic carboxylic acids is 1. The summed E-state index contributed by atoms with van der Waals surface area (Å²) in [6.45, 7) is 0.414. The molecule has 1 amide bonds. The van der Waals surface area contributed by atoms with E-state index >= 15 is 0 Å². The summed E-state index contributed by atoms with van der Waals surface area (Å²) in [4.78, 5) is 22.6. The molecule has 6 heteroatoms. The minimum Gasteiger partial charge on any atom is -0.497 e. The molecule has 18 heavy (non-hydrogen) atoms. The van der Waals surface area contributed by atoms with E-state index in [9.17, 15) is 9.59 Å². The number of hydrogen-bond acceptors (Lipinski definition) is 4. The van der Waals surface area contributed by atoms with Gasteiger partial charge in [-0.2, -0.15) is 0 Å². The van der Waals surface area contributed by atoms with E-state index in [4.69, 9.17) is 15.6 Å². The predicted octanol–water partition coefficient (Wildman–Crippen LogP) is 1.07. The van der Waals surface area contributed by atoms with Crippen LogP contribution in [0, 0.1) is 0 Å². The van der Waals surface area contributed by atoms with Crippen molar-refractivity contribution < 1.29 is 19.4 Å². The maximum absolute atomic E-state index is 11.5. The first-order valence-corrected chi connectivity index (χ1v) is 5.49. The molecule has 0 heterocycles. The summed E-state index contributed by atoms with van der Waals surface area (Å²) in [7, 11) is 1.47. The van der Waals surface area contributed by atoms with E-state index in [1.807, 2.05) is 0 Å². The molecule has 1 rings (SSSR count). The van der Waals surface area contributed by atoms with Crippen molar-refractivity contribution in [3.63, 3.8) is 0 Å². The van der Waals surface area contributed by atoms with Crippen molar-refractivity contribution >= 4 is 17.6 Å². The first-order chi connectivity index (χ1) is 8.58. The summed E-state index contributed by atoms with van der Waals surface area (Å²) in [5.74, 6) is -0.892. The number of carboxylic acid groups (broad SMARTS) is 1. The topological polar surface area (TPSA) is 102 Å².